The minimum absolute atomic E-state index is 0.323. The fourth-order valence-electron chi connectivity index (χ4n) is 2.79. The number of aldehydes is 1. The predicted octanol–water partition coefficient (Wildman–Crippen LogP) is 2.03. The van der Waals surface area contributed by atoms with E-state index in [0.717, 1.165) is 12.2 Å². The first-order chi connectivity index (χ1) is 5.24. The van der Waals surface area contributed by atoms with Crippen molar-refractivity contribution in [2.75, 3.05) is 0 Å². The van der Waals surface area contributed by atoms with Crippen LogP contribution in [0.25, 0.3) is 0 Å². The Kier molecular flexibility index (Phi) is 1.41. The van der Waals surface area contributed by atoms with Gasteiger partial charge in [0.05, 0.1) is 0 Å². The molecule has 0 spiro atoms. The van der Waals surface area contributed by atoms with Gasteiger partial charge in [-0.25, -0.2) is 0 Å². The number of hydrogen-bond acceptors (Lipinski definition) is 1. The Morgan fingerprint density at radius 2 is 2.36 bits per heavy atom. The van der Waals surface area contributed by atoms with Crippen LogP contribution in [0.3, 0.4) is 0 Å². The number of hydrogen-bond donors (Lipinski definition) is 0. The summed E-state index contributed by atoms with van der Waals surface area (Å²) in [6.07, 6.45) is 4.68. The predicted molar refractivity (Wildman–Crippen MR) is 44.1 cm³/mol. The zero-order valence-corrected chi connectivity index (χ0v) is 7.08. The molecule has 4 atom stereocenters. The third kappa shape index (κ3) is 0.800. The highest BCUT2D eigenvalue weighted by molar-refractivity contribution is 5.57. The van der Waals surface area contributed by atoms with Gasteiger partial charge in [-0.1, -0.05) is 18.6 Å². The Morgan fingerprint density at radius 1 is 1.64 bits per heavy atom. The van der Waals surface area contributed by atoms with Crippen LogP contribution in [0.2, 0.25) is 0 Å². The monoisotopic (exact) mass is 150 g/mol. The van der Waals surface area contributed by atoms with Crippen molar-refractivity contribution in [3.8, 4) is 0 Å². The Balaban J connectivity index is 2.28. The average molecular weight is 150 g/mol. The zero-order chi connectivity index (χ0) is 8.01. The van der Waals surface area contributed by atoms with Crippen LogP contribution in [0.15, 0.2) is 11.6 Å². The van der Waals surface area contributed by atoms with Gasteiger partial charge in [-0.15, -0.1) is 0 Å². The molecule has 0 radical (unpaired) electrons. The summed E-state index contributed by atoms with van der Waals surface area (Å²) in [5, 5.41) is 0. The molecule has 0 aromatic heterocycles. The summed E-state index contributed by atoms with van der Waals surface area (Å²) in [5.41, 5.74) is 1.51. The lowest BCUT2D eigenvalue weighted by Crippen LogP contribution is -2.19. The normalized spacial score (nSPS) is 47.6. The molecule has 0 heterocycles. The molecule has 0 amide bonds. The molecule has 2 aliphatic carbocycles. The highest BCUT2D eigenvalue weighted by Gasteiger charge is 2.44. The minimum Gasteiger partial charge on any atom is -0.303 e. The van der Waals surface area contributed by atoms with E-state index in [2.05, 4.69) is 19.9 Å². The summed E-state index contributed by atoms with van der Waals surface area (Å²) >= 11 is 0. The van der Waals surface area contributed by atoms with E-state index in [0.29, 0.717) is 17.8 Å². The summed E-state index contributed by atoms with van der Waals surface area (Å²) in [4.78, 5) is 10.7. The molecule has 0 aromatic carbocycles. The molecule has 1 saturated carbocycles. The highest BCUT2D eigenvalue weighted by atomic mass is 16.1. The fourth-order valence-corrected chi connectivity index (χ4v) is 2.79. The lowest BCUT2D eigenvalue weighted by atomic mass is 9.82. The second-order valence-corrected chi connectivity index (χ2v) is 3.99. The van der Waals surface area contributed by atoms with Crippen LogP contribution >= 0.6 is 0 Å². The summed E-state index contributed by atoms with van der Waals surface area (Å²) in [5.74, 6) is 2.22. The molecule has 2 aliphatic rings. The molecule has 4 unspecified atom stereocenters. The number of carbonyl (C=O) groups excluding carboxylic acids is 1. The molecule has 0 aromatic rings. The van der Waals surface area contributed by atoms with Crippen molar-refractivity contribution >= 4 is 6.29 Å². The van der Waals surface area contributed by atoms with Gasteiger partial charge in [0.25, 0.3) is 0 Å². The van der Waals surface area contributed by atoms with Gasteiger partial charge in [0.15, 0.2) is 0 Å². The molecule has 2 bridgehead atoms. The van der Waals surface area contributed by atoms with E-state index in [4.69, 9.17) is 0 Å². The fraction of sp³-hybridized carbons (Fsp3) is 0.700. The van der Waals surface area contributed by atoms with E-state index >= 15 is 0 Å². The lowest BCUT2D eigenvalue weighted by molar-refractivity contribution is -0.112. The number of rotatable bonds is 1. The first kappa shape index (κ1) is 7.08. The molecule has 60 valence electrons. The van der Waals surface area contributed by atoms with E-state index in [-0.39, 0.29) is 0 Å². The van der Waals surface area contributed by atoms with Gasteiger partial charge in [0, 0.05) is 5.92 Å². The Morgan fingerprint density at radius 3 is 2.82 bits per heavy atom. The number of allylic oxidation sites excluding steroid dienone is 2. The summed E-state index contributed by atoms with van der Waals surface area (Å²) in [6, 6.07) is 0. The van der Waals surface area contributed by atoms with E-state index in [1.807, 2.05) is 0 Å². The maximum atomic E-state index is 10.7. The highest BCUT2D eigenvalue weighted by Crippen LogP contribution is 2.50. The molecule has 0 N–H and O–H groups in total. The molecule has 2 rings (SSSR count). The topological polar surface area (TPSA) is 17.1 Å². The zero-order valence-electron chi connectivity index (χ0n) is 7.08. The third-order valence-electron chi connectivity index (χ3n) is 3.48. The molecule has 11 heavy (non-hydrogen) atoms. The lowest BCUT2D eigenvalue weighted by Gasteiger charge is -2.22. The quantitative estimate of drug-likeness (QED) is 0.413. The van der Waals surface area contributed by atoms with Crippen molar-refractivity contribution in [2.45, 2.75) is 20.3 Å². The molecule has 1 fully saturated rings. The van der Waals surface area contributed by atoms with E-state index in [1.165, 1.54) is 12.0 Å². The van der Waals surface area contributed by atoms with Gasteiger partial charge in [0.2, 0.25) is 0 Å². The van der Waals surface area contributed by atoms with Crippen molar-refractivity contribution in [3.63, 3.8) is 0 Å². The SMILES string of the molecule is CC1=CC2CC1C(C)C2C=O. The van der Waals surface area contributed by atoms with Crippen molar-refractivity contribution in [3.05, 3.63) is 11.6 Å². The van der Waals surface area contributed by atoms with Gasteiger partial charge in [-0.2, -0.15) is 0 Å². The second-order valence-electron chi connectivity index (χ2n) is 3.99. The van der Waals surface area contributed by atoms with Gasteiger partial charge in [-0.05, 0) is 31.1 Å². The molecule has 1 heteroatoms. The van der Waals surface area contributed by atoms with Gasteiger partial charge < -0.3 is 4.79 Å². The van der Waals surface area contributed by atoms with E-state index < -0.39 is 0 Å². The van der Waals surface area contributed by atoms with Crippen LogP contribution in [-0.2, 0) is 4.79 Å². The van der Waals surface area contributed by atoms with E-state index in [1.54, 1.807) is 0 Å². The first-order valence-electron chi connectivity index (χ1n) is 4.37. The smallest absolute Gasteiger partial charge is 0.123 e. The molecular weight excluding hydrogens is 136 g/mol. The van der Waals surface area contributed by atoms with Crippen molar-refractivity contribution in [1.29, 1.82) is 0 Å². The average Bonchev–Trinajstić information content (AvgIpc) is 2.44. The van der Waals surface area contributed by atoms with Crippen LogP contribution in [0.5, 0.6) is 0 Å². The minimum atomic E-state index is 0.323. The van der Waals surface area contributed by atoms with Crippen LogP contribution in [-0.4, -0.2) is 6.29 Å². The van der Waals surface area contributed by atoms with Crippen molar-refractivity contribution in [2.24, 2.45) is 23.7 Å². The third-order valence-corrected chi connectivity index (χ3v) is 3.48. The van der Waals surface area contributed by atoms with Crippen LogP contribution in [0.4, 0.5) is 0 Å². The van der Waals surface area contributed by atoms with E-state index in [9.17, 15) is 4.79 Å². The summed E-state index contributed by atoms with van der Waals surface area (Å²) in [6.45, 7) is 4.41. The molecule has 0 saturated heterocycles. The number of carbonyl (C=O) groups is 1. The molecule has 0 aliphatic heterocycles. The second kappa shape index (κ2) is 2.20. The van der Waals surface area contributed by atoms with Gasteiger partial charge in [-0.3, -0.25) is 0 Å². The van der Waals surface area contributed by atoms with Crippen molar-refractivity contribution < 1.29 is 4.79 Å². The van der Waals surface area contributed by atoms with Gasteiger partial charge >= 0.3 is 0 Å². The summed E-state index contributed by atoms with van der Waals surface area (Å²) < 4.78 is 0. The first-order valence-corrected chi connectivity index (χ1v) is 4.37. The van der Waals surface area contributed by atoms with Crippen molar-refractivity contribution in [1.82, 2.24) is 0 Å². The maximum Gasteiger partial charge on any atom is 0.123 e. The van der Waals surface area contributed by atoms with Crippen LogP contribution in [0.1, 0.15) is 20.3 Å². The molecular formula is C10H14O. The number of fused-ring (bicyclic) bond motifs is 2. The largest absolute Gasteiger partial charge is 0.303 e. The van der Waals surface area contributed by atoms with Crippen LogP contribution < -0.4 is 0 Å². The maximum absolute atomic E-state index is 10.7. The Bertz CT molecular complexity index is 217. The van der Waals surface area contributed by atoms with Crippen LogP contribution in [0, 0.1) is 23.7 Å². The standard InChI is InChI=1S/C10H14O/c1-6-3-8-4-9(6)7(2)10(8)5-11/h3,5,7-10H,4H2,1-2H3. The Labute approximate surface area is 67.5 Å². The summed E-state index contributed by atoms with van der Waals surface area (Å²) in [7, 11) is 0. The Hall–Kier alpha value is -0.590. The molecule has 1 nitrogen and oxygen atoms in total. The van der Waals surface area contributed by atoms with Gasteiger partial charge in [0.1, 0.15) is 6.29 Å².